The van der Waals surface area contributed by atoms with Gasteiger partial charge in [-0.1, -0.05) is 91.0 Å². The number of hydrogen-bond donors (Lipinski definition) is 0. The molecule has 8 nitrogen and oxygen atoms in total. The molecule has 4 heterocycles. The molecular weight excluding hydrogens is 608 g/mol. The molecule has 0 N–H and O–H groups in total. The highest BCUT2D eigenvalue weighted by Crippen LogP contribution is 2.48. The summed E-state index contributed by atoms with van der Waals surface area (Å²) in [5.74, 6) is -0.0663. The van der Waals surface area contributed by atoms with E-state index in [2.05, 4.69) is 48.5 Å². The highest BCUT2D eigenvalue weighted by atomic mass is 16.2. The summed E-state index contributed by atoms with van der Waals surface area (Å²) >= 11 is 0. The van der Waals surface area contributed by atoms with Crippen molar-refractivity contribution in [1.82, 2.24) is 24.1 Å². The number of rotatable bonds is 4. The van der Waals surface area contributed by atoms with E-state index in [1.54, 1.807) is 27.7 Å². The van der Waals surface area contributed by atoms with Crippen molar-refractivity contribution in [1.29, 1.82) is 0 Å². The Labute approximate surface area is 282 Å². The third kappa shape index (κ3) is 4.00. The van der Waals surface area contributed by atoms with Gasteiger partial charge < -0.3 is 0 Å². The Morgan fingerprint density at radius 3 is 1.35 bits per heavy atom. The summed E-state index contributed by atoms with van der Waals surface area (Å²) in [6.07, 6.45) is 0. The van der Waals surface area contributed by atoms with Crippen molar-refractivity contribution in [2.45, 2.75) is 27.7 Å². The molecule has 1 aliphatic rings. The number of carbonyl (C=O) groups excluding carboxylic acids is 2. The monoisotopic (exact) mass is 640 g/mol. The summed E-state index contributed by atoms with van der Waals surface area (Å²) < 4.78 is 3.99. The minimum atomic E-state index is -0.968. The van der Waals surface area contributed by atoms with E-state index >= 15 is 0 Å². The summed E-state index contributed by atoms with van der Waals surface area (Å²) in [5.41, 5.74) is 3.88. The van der Waals surface area contributed by atoms with Crippen LogP contribution in [-0.4, -0.2) is 35.9 Å². The summed E-state index contributed by atoms with van der Waals surface area (Å²) in [7, 11) is 0. The van der Waals surface area contributed by atoms with Gasteiger partial charge in [-0.2, -0.15) is 15.0 Å². The number of para-hydroxylation sites is 3. The largest absolute Gasteiger partial charge is 0.278 e. The molecule has 0 radical (unpaired) electrons. The average molecular weight is 641 g/mol. The number of anilines is 1. The number of amides is 2. The zero-order chi connectivity index (χ0) is 33.7. The lowest BCUT2D eigenvalue weighted by Gasteiger charge is -2.28. The van der Waals surface area contributed by atoms with E-state index in [4.69, 9.17) is 15.0 Å². The number of fused-ring (bicyclic) bond motifs is 6. The van der Waals surface area contributed by atoms with Gasteiger partial charge in [-0.15, -0.1) is 0 Å². The molecule has 5 aromatic carbocycles. The Bertz CT molecular complexity index is 2590. The fourth-order valence-corrected chi connectivity index (χ4v) is 7.15. The smallest absolute Gasteiger partial charge is 0.245 e. The molecule has 9 rings (SSSR count). The second-order valence-electron chi connectivity index (χ2n) is 13.8. The first kappa shape index (κ1) is 29.0. The first-order valence-corrected chi connectivity index (χ1v) is 16.4. The van der Waals surface area contributed by atoms with Crippen LogP contribution in [0.3, 0.4) is 0 Å². The van der Waals surface area contributed by atoms with E-state index in [1.807, 2.05) is 81.9 Å². The third-order valence-electron chi connectivity index (χ3n) is 10.6. The Hall–Kier alpha value is -6.15. The van der Waals surface area contributed by atoms with Crippen LogP contribution >= 0.6 is 0 Å². The Kier molecular flexibility index (Phi) is 6.03. The van der Waals surface area contributed by atoms with Crippen LogP contribution in [0, 0.1) is 10.8 Å². The maximum Gasteiger partial charge on any atom is 0.245 e. The molecule has 8 aromatic rings. The summed E-state index contributed by atoms with van der Waals surface area (Å²) in [4.78, 5) is 44.3. The average Bonchev–Trinajstić information content (AvgIpc) is 3.68. The van der Waals surface area contributed by atoms with Gasteiger partial charge >= 0.3 is 0 Å². The predicted molar refractivity (Wildman–Crippen MR) is 194 cm³/mol. The SMILES string of the molecule is CC1(C)C(=O)N(c2nc(-n3c4ccccc4c4ccccc43)nc(-n3c4ccccc4c4cc(-c5ccccc5)ccc43)n2)C(=O)C1(C)C. The second kappa shape index (κ2) is 10.2. The second-order valence-corrected chi connectivity index (χ2v) is 13.8. The number of carbonyl (C=O) groups is 2. The van der Waals surface area contributed by atoms with Crippen LogP contribution in [0.25, 0.3) is 66.6 Å². The normalized spacial score (nSPS) is 15.7. The molecule has 49 heavy (non-hydrogen) atoms. The van der Waals surface area contributed by atoms with Gasteiger partial charge in [-0.3, -0.25) is 18.7 Å². The van der Waals surface area contributed by atoms with Crippen LogP contribution in [0.4, 0.5) is 5.95 Å². The Morgan fingerprint density at radius 1 is 0.429 bits per heavy atom. The maximum atomic E-state index is 14.1. The van der Waals surface area contributed by atoms with Gasteiger partial charge in [0.25, 0.3) is 0 Å². The molecule has 2 amide bonds. The lowest BCUT2D eigenvalue weighted by molar-refractivity contribution is -0.129. The number of nitrogens with zero attached hydrogens (tertiary/aromatic N) is 6. The number of imide groups is 1. The molecule has 0 spiro atoms. The molecule has 0 unspecified atom stereocenters. The van der Waals surface area contributed by atoms with Crippen molar-refractivity contribution >= 4 is 61.4 Å². The zero-order valence-corrected chi connectivity index (χ0v) is 27.5. The first-order valence-electron chi connectivity index (χ1n) is 16.4. The lowest BCUT2D eigenvalue weighted by atomic mass is 9.70. The van der Waals surface area contributed by atoms with Crippen LogP contribution in [-0.2, 0) is 9.59 Å². The van der Waals surface area contributed by atoms with Crippen LogP contribution in [0.15, 0.2) is 121 Å². The number of benzene rings is 5. The van der Waals surface area contributed by atoms with Gasteiger partial charge in [-0.05, 0) is 69.2 Å². The summed E-state index contributed by atoms with van der Waals surface area (Å²) in [5, 5.41) is 4.16. The van der Waals surface area contributed by atoms with Crippen molar-refractivity contribution in [2.24, 2.45) is 10.8 Å². The molecule has 1 saturated heterocycles. The topological polar surface area (TPSA) is 85.9 Å². The predicted octanol–water partition coefficient (Wildman–Crippen LogP) is 8.66. The maximum absolute atomic E-state index is 14.1. The van der Waals surface area contributed by atoms with Gasteiger partial charge in [0.15, 0.2) is 0 Å². The van der Waals surface area contributed by atoms with Crippen molar-refractivity contribution in [3.05, 3.63) is 121 Å². The van der Waals surface area contributed by atoms with Gasteiger partial charge in [-0.25, -0.2) is 4.90 Å². The summed E-state index contributed by atoms with van der Waals surface area (Å²) in [6.45, 7) is 7.22. The van der Waals surface area contributed by atoms with Crippen molar-refractivity contribution in [3.63, 3.8) is 0 Å². The Morgan fingerprint density at radius 2 is 0.837 bits per heavy atom. The van der Waals surface area contributed by atoms with E-state index in [0.29, 0.717) is 11.9 Å². The number of aromatic nitrogens is 5. The zero-order valence-electron chi connectivity index (χ0n) is 27.5. The minimum absolute atomic E-state index is 0.00218. The minimum Gasteiger partial charge on any atom is -0.278 e. The van der Waals surface area contributed by atoms with Gasteiger partial charge in [0, 0.05) is 21.5 Å². The van der Waals surface area contributed by atoms with Crippen molar-refractivity contribution < 1.29 is 9.59 Å². The van der Waals surface area contributed by atoms with E-state index < -0.39 is 10.8 Å². The fourth-order valence-electron chi connectivity index (χ4n) is 7.15. The standard InChI is InChI=1S/C41H32N6O2/c1-40(2)35(48)47(36(49)41(40,3)4)39-43-37(45-31-19-11-8-16-27(31)28-17-9-12-20-32(28)45)42-38(44-39)46-33-21-13-10-18-29(33)30-24-26(22-23-34(30)46)25-14-6-5-7-15-25/h5-24H,1-4H3. The van der Waals surface area contributed by atoms with E-state index in [-0.39, 0.29) is 17.8 Å². The van der Waals surface area contributed by atoms with Crippen LogP contribution in [0.5, 0.6) is 0 Å². The van der Waals surface area contributed by atoms with Gasteiger partial charge in [0.2, 0.25) is 29.7 Å². The lowest BCUT2D eigenvalue weighted by Crippen LogP contribution is -2.35. The molecule has 0 atom stereocenters. The molecule has 0 aliphatic carbocycles. The quantitative estimate of drug-likeness (QED) is 0.180. The molecule has 1 fully saturated rings. The van der Waals surface area contributed by atoms with Crippen molar-refractivity contribution in [2.75, 3.05) is 4.90 Å². The molecule has 8 heteroatoms. The van der Waals surface area contributed by atoms with Crippen LogP contribution in [0.1, 0.15) is 27.7 Å². The van der Waals surface area contributed by atoms with E-state index in [0.717, 1.165) is 59.6 Å². The Balaban J connectivity index is 1.37. The first-order chi connectivity index (χ1) is 23.7. The van der Waals surface area contributed by atoms with E-state index in [1.165, 1.54) is 0 Å². The van der Waals surface area contributed by atoms with Gasteiger partial charge in [0.05, 0.1) is 32.9 Å². The van der Waals surface area contributed by atoms with Crippen LogP contribution < -0.4 is 4.90 Å². The van der Waals surface area contributed by atoms with Crippen LogP contribution in [0.2, 0.25) is 0 Å². The highest BCUT2D eigenvalue weighted by molar-refractivity contribution is 6.24. The number of hydrogen-bond acceptors (Lipinski definition) is 5. The molecule has 1 aliphatic heterocycles. The third-order valence-corrected chi connectivity index (χ3v) is 10.6. The van der Waals surface area contributed by atoms with Gasteiger partial charge in [0.1, 0.15) is 0 Å². The van der Waals surface area contributed by atoms with Crippen molar-refractivity contribution in [3.8, 4) is 23.0 Å². The summed E-state index contributed by atoms with van der Waals surface area (Å²) in [6, 6.07) is 41.0. The molecule has 3 aromatic heterocycles. The molecule has 238 valence electrons. The highest BCUT2D eigenvalue weighted by Gasteiger charge is 2.60. The molecule has 0 bridgehead atoms. The molecular formula is C41H32N6O2. The molecule has 0 saturated carbocycles. The van der Waals surface area contributed by atoms with E-state index in [9.17, 15) is 9.59 Å². The fraction of sp³-hybridized carbons (Fsp3) is 0.146.